The fourth-order valence-corrected chi connectivity index (χ4v) is 3.47. The van der Waals surface area contributed by atoms with Gasteiger partial charge in [-0.1, -0.05) is 11.6 Å². The predicted molar refractivity (Wildman–Crippen MR) is 95.4 cm³/mol. The number of rotatable bonds is 3. The summed E-state index contributed by atoms with van der Waals surface area (Å²) in [6.07, 6.45) is 1.26. The van der Waals surface area contributed by atoms with Gasteiger partial charge in [-0.2, -0.15) is 0 Å². The van der Waals surface area contributed by atoms with Crippen molar-refractivity contribution in [3.05, 3.63) is 40.7 Å². The number of carbonyl (C=O) groups is 1. The van der Waals surface area contributed by atoms with Crippen LogP contribution >= 0.6 is 11.6 Å². The number of H-pyrrole nitrogens is 1. The Labute approximate surface area is 151 Å². The minimum absolute atomic E-state index is 0.119. The van der Waals surface area contributed by atoms with Gasteiger partial charge in [0.05, 0.1) is 31.1 Å². The van der Waals surface area contributed by atoms with Gasteiger partial charge in [-0.25, -0.2) is 4.98 Å². The van der Waals surface area contributed by atoms with Crippen molar-refractivity contribution in [1.82, 2.24) is 20.2 Å². The summed E-state index contributed by atoms with van der Waals surface area (Å²) in [5.41, 5.74) is 3.07. The number of nitrogens with zero attached hydrogens (tertiary/aromatic N) is 2. The number of amides is 1. The zero-order valence-corrected chi connectivity index (χ0v) is 14.7. The maximum Gasteiger partial charge on any atom is 0.224 e. The Kier molecular flexibility index (Phi) is 4.74. The molecule has 0 aliphatic carbocycles. The number of nitrogens with one attached hydrogen (secondary N) is 2. The molecule has 1 saturated heterocycles. The summed E-state index contributed by atoms with van der Waals surface area (Å²) in [4.78, 5) is 22.5. The average Bonchev–Trinajstić information content (AvgIpc) is 3.06. The quantitative estimate of drug-likeness (QED) is 0.878. The topological polar surface area (TPSA) is 70.2 Å². The lowest BCUT2D eigenvalue weighted by atomic mass is 10.1. The summed E-state index contributed by atoms with van der Waals surface area (Å²) < 4.78 is 5.43. The molecular formula is C18H21ClN4O2. The maximum atomic E-state index is 12.6. The molecule has 0 radical (unpaired) electrons. The van der Waals surface area contributed by atoms with Crippen molar-refractivity contribution in [2.24, 2.45) is 0 Å². The Balaban J connectivity index is 1.44. The Bertz CT molecular complexity index is 753. The Morgan fingerprint density at radius 1 is 1.36 bits per heavy atom. The van der Waals surface area contributed by atoms with Gasteiger partial charge in [0.2, 0.25) is 5.91 Å². The first-order valence-electron chi connectivity index (χ1n) is 8.61. The first kappa shape index (κ1) is 16.6. The normalized spacial score (nSPS) is 20.4. The van der Waals surface area contributed by atoms with Crippen LogP contribution in [0, 0.1) is 0 Å². The van der Waals surface area contributed by atoms with Crippen LogP contribution in [0.1, 0.15) is 17.8 Å². The van der Waals surface area contributed by atoms with Crippen molar-refractivity contribution in [3.63, 3.8) is 0 Å². The van der Waals surface area contributed by atoms with E-state index in [4.69, 9.17) is 21.3 Å². The highest BCUT2D eigenvalue weighted by Crippen LogP contribution is 2.24. The minimum Gasteiger partial charge on any atom is -0.378 e. The Hall–Kier alpha value is -1.89. The number of hydrogen-bond donors (Lipinski definition) is 2. The molecule has 2 aromatic rings. The zero-order valence-electron chi connectivity index (χ0n) is 13.9. The maximum absolute atomic E-state index is 12.6. The molecule has 1 amide bonds. The van der Waals surface area contributed by atoms with Crippen molar-refractivity contribution in [3.8, 4) is 11.4 Å². The highest BCUT2D eigenvalue weighted by Gasteiger charge is 2.26. The van der Waals surface area contributed by atoms with E-state index in [1.165, 1.54) is 0 Å². The Morgan fingerprint density at radius 3 is 2.96 bits per heavy atom. The molecule has 1 atom stereocenters. The summed E-state index contributed by atoms with van der Waals surface area (Å²) in [6, 6.07) is 7.73. The van der Waals surface area contributed by atoms with Crippen LogP contribution in [0.2, 0.25) is 5.02 Å². The second kappa shape index (κ2) is 7.15. The molecule has 2 aliphatic heterocycles. The number of ether oxygens (including phenoxy) is 1. The third kappa shape index (κ3) is 3.71. The summed E-state index contributed by atoms with van der Waals surface area (Å²) >= 11 is 5.95. The molecule has 7 heteroatoms. The molecule has 2 aliphatic rings. The number of hydrogen-bond acceptors (Lipinski definition) is 4. The van der Waals surface area contributed by atoms with Crippen LogP contribution in [0.3, 0.4) is 0 Å². The average molecular weight is 361 g/mol. The molecule has 0 spiro atoms. The molecule has 4 rings (SSSR count). The summed E-state index contributed by atoms with van der Waals surface area (Å²) in [5.74, 6) is 0.995. The van der Waals surface area contributed by atoms with Gasteiger partial charge in [0.25, 0.3) is 0 Å². The number of imidazole rings is 1. The lowest BCUT2D eigenvalue weighted by Gasteiger charge is -2.29. The van der Waals surface area contributed by atoms with Gasteiger partial charge in [0.15, 0.2) is 0 Å². The molecule has 1 aromatic heterocycles. The number of carbonyl (C=O) groups excluding carboxylic acids is 1. The fourth-order valence-electron chi connectivity index (χ4n) is 3.34. The SMILES string of the molecule is O=C(C[C@H]1COCCN1)N1CCc2nc(-c3ccc(Cl)cc3)[nH]c2C1. The highest BCUT2D eigenvalue weighted by molar-refractivity contribution is 6.30. The first-order valence-corrected chi connectivity index (χ1v) is 8.99. The van der Waals surface area contributed by atoms with Crippen molar-refractivity contribution in [2.75, 3.05) is 26.3 Å². The van der Waals surface area contributed by atoms with Gasteiger partial charge in [-0.3, -0.25) is 4.79 Å². The highest BCUT2D eigenvalue weighted by atomic mass is 35.5. The van der Waals surface area contributed by atoms with Crippen molar-refractivity contribution < 1.29 is 9.53 Å². The van der Waals surface area contributed by atoms with Crippen LogP contribution < -0.4 is 5.32 Å². The molecule has 0 bridgehead atoms. The van der Waals surface area contributed by atoms with Crippen LogP contribution in [-0.2, 0) is 22.5 Å². The van der Waals surface area contributed by atoms with Crippen LogP contribution in [0.15, 0.2) is 24.3 Å². The number of aromatic amines is 1. The summed E-state index contributed by atoms with van der Waals surface area (Å²) in [6.45, 7) is 3.44. The Morgan fingerprint density at radius 2 is 2.20 bits per heavy atom. The van der Waals surface area contributed by atoms with E-state index in [0.717, 1.165) is 42.3 Å². The standard InChI is InChI=1S/C18H21ClN4O2/c19-13-3-1-12(2-4-13)18-21-15-5-7-23(10-16(15)22-18)17(24)9-14-11-25-8-6-20-14/h1-4,14,20H,5-11H2,(H,21,22)/t14-/m0/s1. The molecule has 25 heavy (non-hydrogen) atoms. The van der Waals surface area contributed by atoms with Gasteiger partial charge >= 0.3 is 0 Å². The lowest BCUT2D eigenvalue weighted by molar-refractivity contribution is -0.133. The van der Waals surface area contributed by atoms with Crippen LogP contribution in [0.25, 0.3) is 11.4 Å². The van der Waals surface area contributed by atoms with Crippen LogP contribution in [0.4, 0.5) is 0 Å². The molecule has 132 valence electrons. The zero-order chi connectivity index (χ0) is 17.2. The van der Waals surface area contributed by atoms with E-state index >= 15 is 0 Å². The largest absolute Gasteiger partial charge is 0.378 e. The van der Waals surface area contributed by atoms with E-state index < -0.39 is 0 Å². The fraction of sp³-hybridized carbons (Fsp3) is 0.444. The molecular weight excluding hydrogens is 340 g/mol. The molecule has 1 aromatic carbocycles. The molecule has 2 N–H and O–H groups in total. The van der Waals surface area contributed by atoms with Gasteiger partial charge in [0, 0.05) is 42.6 Å². The monoisotopic (exact) mass is 360 g/mol. The molecule has 3 heterocycles. The molecule has 0 saturated carbocycles. The first-order chi connectivity index (χ1) is 12.2. The van der Waals surface area contributed by atoms with Crippen molar-refractivity contribution in [2.45, 2.75) is 25.4 Å². The van der Waals surface area contributed by atoms with Gasteiger partial charge < -0.3 is 19.9 Å². The molecule has 1 fully saturated rings. The van der Waals surface area contributed by atoms with Crippen molar-refractivity contribution in [1.29, 1.82) is 0 Å². The third-order valence-corrected chi connectivity index (χ3v) is 4.97. The van der Waals surface area contributed by atoms with Gasteiger partial charge in [-0.15, -0.1) is 0 Å². The van der Waals surface area contributed by atoms with E-state index in [1.807, 2.05) is 29.2 Å². The van der Waals surface area contributed by atoms with Crippen LogP contribution in [-0.4, -0.2) is 53.1 Å². The smallest absolute Gasteiger partial charge is 0.224 e. The molecule has 0 unspecified atom stereocenters. The van der Waals surface area contributed by atoms with E-state index in [9.17, 15) is 4.79 Å². The second-order valence-electron chi connectivity index (χ2n) is 6.51. The number of fused-ring (bicyclic) bond motifs is 1. The minimum atomic E-state index is 0.119. The van der Waals surface area contributed by atoms with Crippen molar-refractivity contribution >= 4 is 17.5 Å². The number of halogens is 1. The second-order valence-corrected chi connectivity index (χ2v) is 6.95. The summed E-state index contributed by atoms with van der Waals surface area (Å²) in [7, 11) is 0. The van der Waals surface area contributed by atoms with Crippen LogP contribution in [0.5, 0.6) is 0 Å². The summed E-state index contributed by atoms with van der Waals surface area (Å²) in [5, 5.41) is 4.04. The van der Waals surface area contributed by atoms with E-state index in [2.05, 4.69) is 10.3 Å². The molecule has 6 nitrogen and oxygen atoms in total. The van der Waals surface area contributed by atoms with E-state index in [0.29, 0.717) is 31.1 Å². The van der Waals surface area contributed by atoms with Gasteiger partial charge in [-0.05, 0) is 24.3 Å². The van der Waals surface area contributed by atoms with Gasteiger partial charge in [0.1, 0.15) is 5.82 Å². The number of aromatic nitrogens is 2. The third-order valence-electron chi connectivity index (χ3n) is 4.72. The predicted octanol–water partition coefficient (Wildman–Crippen LogP) is 1.99. The number of morpholine rings is 1. The lowest BCUT2D eigenvalue weighted by Crippen LogP contribution is -2.46. The van der Waals surface area contributed by atoms with E-state index in [1.54, 1.807) is 0 Å². The number of benzene rings is 1. The van der Waals surface area contributed by atoms with E-state index in [-0.39, 0.29) is 11.9 Å².